The summed E-state index contributed by atoms with van der Waals surface area (Å²) >= 11 is 0. The fourth-order valence-electron chi connectivity index (χ4n) is 1.86. The van der Waals surface area contributed by atoms with Crippen molar-refractivity contribution in [2.24, 2.45) is 0 Å². The molecule has 0 spiro atoms. The van der Waals surface area contributed by atoms with Crippen LogP contribution in [0.4, 0.5) is 0 Å². The van der Waals surface area contributed by atoms with Crippen molar-refractivity contribution in [3.8, 4) is 6.01 Å². The summed E-state index contributed by atoms with van der Waals surface area (Å²) in [5, 5.41) is 3.88. The number of hydrogen-bond donors (Lipinski definition) is 0. The minimum Gasteiger partial charge on any atom is -0.468 e. The van der Waals surface area contributed by atoms with Gasteiger partial charge in [-0.3, -0.25) is 9.36 Å². The number of ether oxygens (including phenoxy) is 1. The largest absolute Gasteiger partial charge is 0.468 e. The smallest absolute Gasteiger partial charge is 0.299 e. The minimum atomic E-state index is -0.192. The molecular weight excluding hydrogens is 248 g/mol. The molecule has 19 heavy (non-hydrogen) atoms. The van der Waals surface area contributed by atoms with E-state index in [1.807, 2.05) is 0 Å². The van der Waals surface area contributed by atoms with Gasteiger partial charge in [0.25, 0.3) is 11.6 Å². The van der Waals surface area contributed by atoms with E-state index in [1.165, 1.54) is 17.7 Å². The van der Waals surface area contributed by atoms with Crippen LogP contribution in [-0.2, 0) is 6.54 Å². The van der Waals surface area contributed by atoms with Gasteiger partial charge in [0.05, 0.1) is 13.7 Å². The lowest BCUT2D eigenvalue weighted by Crippen LogP contribution is -2.23. The van der Waals surface area contributed by atoms with Crippen molar-refractivity contribution in [1.29, 1.82) is 0 Å². The molecule has 0 saturated heterocycles. The number of nitrogens with zero attached hydrogens (tertiary/aromatic N) is 4. The van der Waals surface area contributed by atoms with Gasteiger partial charge >= 0.3 is 0 Å². The molecule has 1 fully saturated rings. The molecule has 100 valence electrons. The first kappa shape index (κ1) is 11.9. The quantitative estimate of drug-likeness (QED) is 0.813. The van der Waals surface area contributed by atoms with Crippen LogP contribution in [0.25, 0.3) is 0 Å². The van der Waals surface area contributed by atoms with Gasteiger partial charge in [-0.1, -0.05) is 5.16 Å². The molecule has 3 rings (SSSR count). The third-order valence-electron chi connectivity index (χ3n) is 2.99. The van der Waals surface area contributed by atoms with Gasteiger partial charge in [-0.15, -0.1) is 0 Å². The maximum Gasteiger partial charge on any atom is 0.299 e. The van der Waals surface area contributed by atoms with Gasteiger partial charge in [-0.05, 0) is 19.8 Å². The van der Waals surface area contributed by atoms with Crippen LogP contribution < -0.4 is 10.3 Å². The second kappa shape index (κ2) is 4.49. The van der Waals surface area contributed by atoms with Crippen LogP contribution in [-0.4, -0.2) is 26.8 Å². The van der Waals surface area contributed by atoms with E-state index in [9.17, 15) is 4.79 Å². The van der Waals surface area contributed by atoms with E-state index in [4.69, 9.17) is 9.26 Å². The number of rotatable bonds is 4. The summed E-state index contributed by atoms with van der Waals surface area (Å²) in [7, 11) is 1.48. The van der Waals surface area contributed by atoms with Gasteiger partial charge in [0.1, 0.15) is 0 Å². The topological polar surface area (TPSA) is 83.0 Å². The minimum absolute atomic E-state index is 0.192. The van der Waals surface area contributed by atoms with Crippen LogP contribution in [0.5, 0.6) is 6.01 Å². The fraction of sp³-hybridized carbons (Fsp3) is 0.500. The van der Waals surface area contributed by atoms with E-state index in [2.05, 4.69) is 15.1 Å². The molecule has 0 radical (unpaired) electrons. The second-order valence-electron chi connectivity index (χ2n) is 4.63. The van der Waals surface area contributed by atoms with E-state index in [-0.39, 0.29) is 18.1 Å². The highest BCUT2D eigenvalue weighted by atomic mass is 16.5. The molecule has 0 amide bonds. The summed E-state index contributed by atoms with van der Waals surface area (Å²) in [6.45, 7) is 1.94. The molecule has 1 aliphatic rings. The number of hydrogen-bond acceptors (Lipinski definition) is 6. The summed E-state index contributed by atoms with van der Waals surface area (Å²) in [6, 6.07) is 1.70. The van der Waals surface area contributed by atoms with Crippen LogP contribution in [0.2, 0.25) is 0 Å². The molecule has 7 nitrogen and oxygen atoms in total. The van der Waals surface area contributed by atoms with Crippen molar-refractivity contribution in [2.45, 2.75) is 32.2 Å². The first-order chi connectivity index (χ1) is 9.17. The molecule has 1 saturated carbocycles. The number of aromatic nitrogens is 4. The van der Waals surface area contributed by atoms with E-state index in [0.29, 0.717) is 23.3 Å². The molecule has 2 aromatic heterocycles. The molecule has 7 heteroatoms. The van der Waals surface area contributed by atoms with Crippen LogP contribution >= 0.6 is 0 Å². The van der Waals surface area contributed by atoms with Crippen LogP contribution in [0.15, 0.2) is 15.4 Å². The fourth-order valence-corrected chi connectivity index (χ4v) is 1.86. The highest BCUT2D eigenvalue weighted by Crippen LogP contribution is 2.38. The summed E-state index contributed by atoms with van der Waals surface area (Å²) in [6.07, 6.45) is 2.19. The Morgan fingerprint density at radius 2 is 2.26 bits per heavy atom. The van der Waals surface area contributed by atoms with Crippen LogP contribution in [0, 0.1) is 6.92 Å². The van der Waals surface area contributed by atoms with Crippen molar-refractivity contribution in [3.63, 3.8) is 0 Å². The summed E-state index contributed by atoms with van der Waals surface area (Å²) in [4.78, 5) is 20.4. The lowest BCUT2D eigenvalue weighted by atomic mass is 10.4. The highest BCUT2D eigenvalue weighted by molar-refractivity contribution is 5.09. The molecule has 0 aliphatic heterocycles. The molecule has 0 aromatic carbocycles. The Labute approximate surface area is 109 Å². The molecule has 0 atom stereocenters. The van der Waals surface area contributed by atoms with Gasteiger partial charge < -0.3 is 9.26 Å². The van der Waals surface area contributed by atoms with Crippen LogP contribution in [0.3, 0.4) is 0 Å². The average molecular weight is 262 g/mol. The molecular formula is C12H14N4O3. The Morgan fingerprint density at radius 3 is 2.95 bits per heavy atom. The Hall–Kier alpha value is -2.18. The van der Waals surface area contributed by atoms with E-state index in [1.54, 1.807) is 6.92 Å². The standard InChI is InChI=1S/C12H14N4O3/c1-7-5-10(17)16(12(13-7)18-2)6-9-14-11(19-15-9)8-3-4-8/h5,8H,3-4,6H2,1-2H3. The van der Waals surface area contributed by atoms with Gasteiger partial charge in [-0.2, -0.15) is 4.98 Å². The van der Waals surface area contributed by atoms with Crippen molar-refractivity contribution in [3.05, 3.63) is 33.8 Å². The van der Waals surface area contributed by atoms with Crippen molar-refractivity contribution in [1.82, 2.24) is 19.7 Å². The van der Waals surface area contributed by atoms with Gasteiger partial charge in [0.2, 0.25) is 5.89 Å². The Kier molecular flexibility index (Phi) is 2.81. The summed E-state index contributed by atoms with van der Waals surface area (Å²) in [5.41, 5.74) is 0.423. The lowest BCUT2D eigenvalue weighted by Gasteiger charge is -2.08. The third-order valence-corrected chi connectivity index (χ3v) is 2.99. The molecule has 2 heterocycles. The van der Waals surface area contributed by atoms with E-state index < -0.39 is 0 Å². The summed E-state index contributed by atoms with van der Waals surface area (Å²) < 4.78 is 11.7. The van der Waals surface area contributed by atoms with Crippen molar-refractivity contribution < 1.29 is 9.26 Å². The Morgan fingerprint density at radius 1 is 1.47 bits per heavy atom. The first-order valence-electron chi connectivity index (χ1n) is 6.12. The maximum atomic E-state index is 11.9. The zero-order chi connectivity index (χ0) is 13.4. The molecule has 2 aromatic rings. The zero-order valence-corrected chi connectivity index (χ0v) is 10.8. The Balaban J connectivity index is 1.91. The predicted molar refractivity (Wildman–Crippen MR) is 65.2 cm³/mol. The van der Waals surface area contributed by atoms with E-state index in [0.717, 1.165) is 12.8 Å². The van der Waals surface area contributed by atoms with E-state index >= 15 is 0 Å². The second-order valence-corrected chi connectivity index (χ2v) is 4.63. The first-order valence-corrected chi connectivity index (χ1v) is 6.12. The van der Waals surface area contributed by atoms with Crippen molar-refractivity contribution >= 4 is 0 Å². The Bertz CT molecular complexity index is 657. The molecule has 0 unspecified atom stereocenters. The SMILES string of the molecule is COc1nc(C)cc(=O)n1Cc1noc(C2CC2)n1. The third kappa shape index (κ3) is 2.35. The van der Waals surface area contributed by atoms with Crippen molar-refractivity contribution in [2.75, 3.05) is 7.11 Å². The zero-order valence-electron chi connectivity index (χ0n) is 10.8. The molecule has 1 aliphatic carbocycles. The molecule has 0 bridgehead atoms. The average Bonchev–Trinajstić information content (AvgIpc) is 3.13. The summed E-state index contributed by atoms with van der Waals surface area (Å²) in [5.74, 6) is 1.52. The monoisotopic (exact) mass is 262 g/mol. The predicted octanol–water partition coefficient (Wildman–Crippen LogP) is 0.869. The number of aryl methyl sites for hydroxylation is 1. The van der Waals surface area contributed by atoms with Crippen LogP contribution in [0.1, 0.15) is 36.2 Å². The number of methoxy groups -OCH3 is 1. The van der Waals surface area contributed by atoms with Gasteiger partial charge in [0.15, 0.2) is 5.82 Å². The molecule has 0 N–H and O–H groups in total. The highest BCUT2D eigenvalue weighted by Gasteiger charge is 2.29. The van der Waals surface area contributed by atoms with Gasteiger partial charge in [0, 0.05) is 17.7 Å². The maximum absolute atomic E-state index is 11.9. The van der Waals surface area contributed by atoms with Gasteiger partial charge in [-0.25, -0.2) is 4.98 Å². The normalized spacial score (nSPS) is 14.6. The lowest BCUT2D eigenvalue weighted by molar-refractivity contribution is 0.343.